The van der Waals surface area contributed by atoms with Gasteiger partial charge in [-0.2, -0.15) is 0 Å². The van der Waals surface area contributed by atoms with Crippen molar-refractivity contribution in [1.29, 1.82) is 0 Å². The average Bonchev–Trinajstić information content (AvgIpc) is 3.15. The van der Waals surface area contributed by atoms with Crippen LogP contribution in [-0.4, -0.2) is 36.8 Å². The summed E-state index contributed by atoms with van der Waals surface area (Å²) in [5.41, 5.74) is 3.00. The molecule has 0 saturated heterocycles. The Morgan fingerprint density at radius 3 is 0.587 bits per heavy atom. The van der Waals surface area contributed by atoms with Crippen molar-refractivity contribution in [2.75, 3.05) is 0 Å². The Hall–Kier alpha value is -3.86. The van der Waals surface area contributed by atoms with Gasteiger partial charge in [0.1, 0.15) is 0 Å². The van der Waals surface area contributed by atoms with Crippen LogP contribution < -0.4 is 21.5 Å². The summed E-state index contributed by atoms with van der Waals surface area (Å²) in [6.07, 6.45) is 0. The molecule has 0 heterocycles. The average molecular weight is 804 g/mol. The van der Waals surface area contributed by atoms with Crippen LogP contribution in [0.2, 0.25) is 0 Å². The summed E-state index contributed by atoms with van der Waals surface area (Å²) in [7, 11) is 0. The molecule has 0 aliphatic rings. The van der Waals surface area contributed by atoms with E-state index in [0.717, 1.165) is 8.87 Å². The topological polar surface area (TPSA) is 0 Å². The molecule has 7 aromatic carbocycles. The van der Waals surface area contributed by atoms with Crippen molar-refractivity contribution in [2.24, 2.45) is 0 Å². The molecule has 222 valence electrons. The zero-order valence-electron chi connectivity index (χ0n) is 26.0. The summed E-state index contributed by atoms with van der Waals surface area (Å²) >= 11 is -7.15. The van der Waals surface area contributed by atoms with Crippen LogP contribution in [0.5, 0.6) is 0 Å². The molecule has 0 aromatic heterocycles. The van der Waals surface area contributed by atoms with Gasteiger partial charge in [0.05, 0.1) is 0 Å². The van der Waals surface area contributed by atoms with Crippen molar-refractivity contribution in [3.8, 4) is 0 Å². The van der Waals surface area contributed by atoms with Crippen LogP contribution in [0.3, 0.4) is 0 Å². The van der Waals surface area contributed by atoms with Crippen LogP contribution in [0, 0.1) is 0 Å². The van der Waals surface area contributed by atoms with Crippen molar-refractivity contribution in [2.45, 2.75) is 8.87 Å². The Morgan fingerprint density at radius 2 is 0.391 bits per heavy atom. The standard InChI is InChI=1S/C8H8.6C6H5.2Sn/c1-7-5-3-4-6-8(7)2;6*1-2-4-6-5-3-1;;/h3-6H,1-2H2;6*1-5H;;. The molecule has 0 spiro atoms. The fraction of sp³-hybridized carbons (Fsp3) is 0.0455. The van der Waals surface area contributed by atoms with E-state index >= 15 is 0 Å². The molecule has 7 rings (SSSR count). The van der Waals surface area contributed by atoms with Crippen molar-refractivity contribution in [1.82, 2.24) is 0 Å². The van der Waals surface area contributed by atoms with E-state index in [-0.39, 0.29) is 0 Å². The predicted molar refractivity (Wildman–Crippen MR) is 202 cm³/mol. The first-order chi connectivity index (χ1) is 22.8. The molecule has 0 atom stereocenters. The molecule has 2 heteroatoms. The molecule has 0 nitrogen and oxygen atoms in total. The monoisotopic (exact) mass is 806 g/mol. The van der Waals surface area contributed by atoms with Crippen LogP contribution in [0.25, 0.3) is 0 Å². The Labute approximate surface area is 282 Å². The molecule has 0 amide bonds. The normalized spacial score (nSPS) is 11.7. The molecule has 0 aliphatic heterocycles. The summed E-state index contributed by atoms with van der Waals surface area (Å²) in [6.45, 7) is 0. The molecule has 46 heavy (non-hydrogen) atoms. The van der Waals surface area contributed by atoms with Gasteiger partial charge in [-0.15, -0.1) is 0 Å². The van der Waals surface area contributed by atoms with E-state index in [2.05, 4.69) is 206 Å². The van der Waals surface area contributed by atoms with Crippen molar-refractivity contribution >= 4 is 58.2 Å². The summed E-state index contributed by atoms with van der Waals surface area (Å²) < 4.78 is 11.3. The van der Waals surface area contributed by atoms with E-state index in [1.807, 2.05) is 0 Å². The first kappa shape index (κ1) is 30.8. The first-order valence-corrected chi connectivity index (χ1v) is 28.8. The van der Waals surface area contributed by atoms with Crippen molar-refractivity contribution in [3.05, 3.63) is 217 Å². The summed E-state index contributed by atoms with van der Waals surface area (Å²) in [5, 5.41) is 0. The van der Waals surface area contributed by atoms with Crippen molar-refractivity contribution < 1.29 is 0 Å². The van der Waals surface area contributed by atoms with Gasteiger partial charge in [0, 0.05) is 0 Å². The van der Waals surface area contributed by atoms with Gasteiger partial charge in [-0.3, -0.25) is 0 Å². The fourth-order valence-corrected chi connectivity index (χ4v) is 34.9. The van der Waals surface area contributed by atoms with Gasteiger partial charge in [-0.25, -0.2) is 0 Å². The van der Waals surface area contributed by atoms with E-state index in [1.54, 1.807) is 0 Å². The van der Waals surface area contributed by atoms with Crippen LogP contribution >= 0.6 is 0 Å². The molecule has 0 unspecified atom stereocenters. The van der Waals surface area contributed by atoms with E-state index < -0.39 is 36.8 Å². The third-order valence-electron chi connectivity index (χ3n) is 9.63. The van der Waals surface area contributed by atoms with Gasteiger partial charge in [-0.1, -0.05) is 0 Å². The van der Waals surface area contributed by atoms with Crippen LogP contribution in [-0.2, 0) is 8.87 Å². The maximum absolute atomic E-state index is 3.58. The molecular formula is C44H38Sn2. The van der Waals surface area contributed by atoms with Crippen LogP contribution in [0.4, 0.5) is 0 Å². The predicted octanol–water partition coefficient (Wildman–Crippen LogP) is 6.19. The Morgan fingerprint density at radius 1 is 0.217 bits per heavy atom. The molecule has 0 aliphatic carbocycles. The second kappa shape index (κ2) is 14.3. The minimum atomic E-state index is -3.58. The second-order valence-corrected chi connectivity index (χ2v) is 34.4. The SMILES string of the molecule is c1cc[c]([Sn]([CH2]c2ccccc2[CH2][Sn]([c]2ccccc2)([c]2ccccc2)[c]2ccccc2)([c]2ccccc2)[c]2ccccc2)cc1. The number of benzene rings is 7. The second-order valence-electron chi connectivity index (χ2n) is 12.1. The van der Waals surface area contributed by atoms with Gasteiger partial charge in [0.15, 0.2) is 0 Å². The molecular weight excluding hydrogens is 766 g/mol. The van der Waals surface area contributed by atoms with Crippen molar-refractivity contribution in [3.63, 3.8) is 0 Å². The number of rotatable bonds is 10. The summed E-state index contributed by atoms with van der Waals surface area (Å²) in [5.74, 6) is 0. The minimum absolute atomic E-state index is 1.07. The molecule has 0 N–H and O–H groups in total. The number of hydrogen-bond donors (Lipinski definition) is 0. The zero-order chi connectivity index (χ0) is 31.1. The zero-order valence-corrected chi connectivity index (χ0v) is 31.8. The van der Waals surface area contributed by atoms with Crippen LogP contribution in [0.15, 0.2) is 206 Å². The molecule has 0 saturated carbocycles. The molecule has 0 fully saturated rings. The Bertz CT molecular complexity index is 1620. The third kappa shape index (κ3) is 6.01. The van der Waals surface area contributed by atoms with E-state index in [4.69, 9.17) is 0 Å². The Balaban J connectivity index is 1.46. The maximum atomic E-state index is 2.44. The summed E-state index contributed by atoms with van der Waals surface area (Å²) in [6, 6.07) is 78.0. The number of hydrogen-bond acceptors (Lipinski definition) is 0. The van der Waals surface area contributed by atoms with Gasteiger partial charge in [-0.05, 0) is 0 Å². The van der Waals surface area contributed by atoms with Gasteiger partial charge >= 0.3 is 284 Å². The quantitative estimate of drug-likeness (QED) is 0.145. The van der Waals surface area contributed by atoms with Gasteiger partial charge in [0.25, 0.3) is 0 Å². The fourth-order valence-electron chi connectivity index (χ4n) is 7.42. The first-order valence-electron chi connectivity index (χ1n) is 16.2. The third-order valence-corrected chi connectivity index (χ3v) is 37.4. The van der Waals surface area contributed by atoms with E-state index in [0.29, 0.717) is 0 Å². The van der Waals surface area contributed by atoms with E-state index in [9.17, 15) is 0 Å². The van der Waals surface area contributed by atoms with Gasteiger partial charge < -0.3 is 0 Å². The summed E-state index contributed by atoms with van der Waals surface area (Å²) in [4.78, 5) is 0. The molecule has 7 aromatic rings. The Kier molecular flexibility index (Phi) is 9.55. The van der Waals surface area contributed by atoms with Crippen LogP contribution in [0.1, 0.15) is 11.1 Å². The molecule has 0 bridgehead atoms. The molecule has 0 radical (unpaired) electrons. The van der Waals surface area contributed by atoms with Gasteiger partial charge in [0.2, 0.25) is 0 Å². The van der Waals surface area contributed by atoms with E-state index in [1.165, 1.54) is 32.6 Å².